The number of halogens is 3. The number of nitrogens with one attached hydrogen (secondary N) is 1. The predicted octanol–water partition coefficient (Wildman–Crippen LogP) is 7.73. The molecule has 0 unspecified atom stereocenters. The monoisotopic (exact) mass is 634 g/mol. The summed E-state index contributed by atoms with van der Waals surface area (Å²) < 4.78 is 60.8. The second-order valence-corrected chi connectivity index (χ2v) is 11.9. The summed E-state index contributed by atoms with van der Waals surface area (Å²) in [6.07, 6.45) is -0.985. The summed E-state index contributed by atoms with van der Waals surface area (Å²) in [5.41, 5.74) is 3.06. The first-order valence-corrected chi connectivity index (χ1v) is 14.8. The van der Waals surface area contributed by atoms with E-state index >= 15 is 0 Å². The molecule has 232 valence electrons. The SMILES string of the molecule is C=C[C@]1(COc2ccc(/C=C3/SC(=O)NC3=O)cc2C(F)(F)F)CCc2c(C)c(OCc3ccc(C#N)cc3)c(C)c(C)c2O1. The number of nitriles is 1. The number of imide groups is 1. The van der Waals surface area contributed by atoms with Gasteiger partial charge in [0.15, 0.2) is 5.60 Å². The highest BCUT2D eigenvalue weighted by molar-refractivity contribution is 8.18. The van der Waals surface area contributed by atoms with Crippen molar-refractivity contribution < 1.29 is 37.0 Å². The molecule has 1 atom stereocenters. The third-order valence-electron chi connectivity index (χ3n) is 7.97. The fourth-order valence-corrected chi connectivity index (χ4v) is 5.98. The Morgan fingerprint density at radius 2 is 1.82 bits per heavy atom. The predicted molar refractivity (Wildman–Crippen MR) is 164 cm³/mol. The molecule has 0 saturated carbocycles. The second kappa shape index (κ2) is 12.4. The molecule has 2 aliphatic heterocycles. The van der Waals surface area contributed by atoms with Crippen molar-refractivity contribution in [2.45, 2.75) is 52.0 Å². The van der Waals surface area contributed by atoms with Crippen LogP contribution in [-0.4, -0.2) is 23.4 Å². The number of thioether (sulfide) groups is 1. The fraction of sp³-hybridized carbons (Fsp3) is 0.265. The number of amides is 2. The van der Waals surface area contributed by atoms with E-state index in [-0.39, 0.29) is 17.1 Å². The van der Waals surface area contributed by atoms with Crippen LogP contribution >= 0.6 is 11.8 Å². The number of hydrogen-bond donors (Lipinski definition) is 1. The van der Waals surface area contributed by atoms with Gasteiger partial charge < -0.3 is 14.2 Å². The highest BCUT2D eigenvalue weighted by atomic mass is 32.2. The Labute approximate surface area is 262 Å². The number of benzene rings is 3. The zero-order valence-electron chi connectivity index (χ0n) is 24.8. The van der Waals surface area contributed by atoms with Crippen LogP contribution in [-0.2, 0) is 24.0 Å². The fourth-order valence-electron chi connectivity index (χ4n) is 5.29. The Balaban J connectivity index is 1.36. The minimum Gasteiger partial charge on any atom is -0.488 e. The van der Waals surface area contributed by atoms with Crippen LogP contribution < -0.4 is 19.5 Å². The molecule has 0 radical (unpaired) electrons. The molecule has 1 saturated heterocycles. The van der Waals surface area contributed by atoms with Gasteiger partial charge in [-0.25, -0.2) is 0 Å². The lowest BCUT2D eigenvalue weighted by atomic mass is 9.86. The average Bonchev–Trinajstić information content (AvgIpc) is 3.34. The zero-order chi connectivity index (χ0) is 32.5. The topological polar surface area (TPSA) is 97.6 Å². The summed E-state index contributed by atoms with van der Waals surface area (Å²) >= 11 is 0.622. The van der Waals surface area contributed by atoms with Crippen molar-refractivity contribution in [3.8, 4) is 23.3 Å². The zero-order valence-corrected chi connectivity index (χ0v) is 25.6. The van der Waals surface area contributed by atoms with Gasteiger partial charge in [0, 0.05) is 5.56 Å². The molecule has 0 aromatic heterocycles. The van der Waals surface area contributed by atoms with Crippen molar-refractivity contribution >= 4 is 29.0 Å². The van der Waals surface area contributed by atoms with Gasteiger partial charge in [-0.15, -0.1) is 0 Å². The van der Waals surface area contributed by atoms with Crippen molar-refractivity contribution in [1.29, 1.82) is 5.26 Å². The average molecular weight is 635 g/mol. The molecule has 0 spiro atoms. The van der Waals surface area contributed by atoms with Crippen LogP contribution in [0.5, 0.6) is 17.2 Å². The summed E-state index contributed by atoms with van der Waals surface area (Å²) in [5.74, 6) is 0.317. The summed E-state index contributed by atoms with van der Waals surface area (Å²) in [5, 5.41) is 10.5. The number of hydrogen-bond acceptors (Lipinski definition) is 7. The first-order valence-electron chi connectivity index (χ1n) is 14.0. The van der Waals surface area contributed by atoms with Crippen molar-refractivity contribution in [1.82, 2.24) is 5.32 Å². The Morgan fingerprint density at radius 3 is 2.44 bits per heavy atom. The van der Waals surface area contributed by atoms with E-state index in [0.717, 1.165) is 39.6 Å². The maximum atomic E-state index is 14.1. The minimum absolute atomic E-state index is 0.00504. The molecule has 7 nitrogen and oxygen atoms in total. The number of fused-ring (bicyclic) bond motifs is 1. The van der Waals surface area contributed by atoms with Gasteiger partial charge in [0.1, 0.15) is 30.5 Å². The van der Waals surface area contributed by atoms with Crippen LogP contribution in [0.2, 0.25) is 0 Å². The summed E-state index contributed by atoms with van der Waals surface area (Å²) in [6.45, 7) is 9.81. The van der Waals surface area contributed by atoms with E-state index in [1.807, 2.05) is 32.9 Å². The minimum atomic E-state index is -4.74. The van der Waals surface area contributed by atoms with Gasteiger partial charge in [-0.3, -0.25) is 14.9 Å². The largest absolute Gasteiger partial charge is 0.488 e. The van der Waals surface area contributed by atoms with Crippen LogP contribution in [0.1, 0.15) is 50.9 Å². The van der Waals surface area contributed by atoms with Crippen molar-refractivity contribution in [3.63, 3.8) is 0 Å². The highest BCUT2D eigenvalue weighted by Gasteiger charge is 2.39. The summed E-state index contributed by atoms with van der Waals surface area (Å²) in [7, 11) is 0. The van der Waals surface area contributed by atoms with Gasteiger partial charge >= 0.3 is 6.18 Å². The lowest BCUT2D eigenvalue weighted by Crippen LogP contribution is -2.43. The molecule has 2 heterocycles. The van der Waals surface area contributed by atoms with Crippen molar-refractivity contribution in [2.75, 3.05) is 6.61 Å². The van der Waals surface area contributed by atoms with Crippen LogP contribution in [0, 0.1) is 32.1 Å². The number of carbonyl (C=O) groups is 2. The van der Waals surface area contributed by atoms with E-state index in [9.17, 15) is 22.8 Å². The van der Waals surface area contributed by atoms with Gasteiger partial charge in [0.2, 0.25) is 0 Å². The number of carbonyl (C=O) groups excluding carboxylic acids is 2. The molecule has 0 aliphatic carbocycles. The second-order valence-electron chi connectivity index (χ2n) is 10.9. The molecule has 11 heteroatoms. The lowest BCUT2D eigenvalue weighted by molar-refractivity contribution is -0.139. The normalized spacial score (nSPS) is 18.6. The van der Waals surface area contributed by atoms with E-state index in [0.29, 0.717) is 42.5 Å². The van der Waals surface area contributed by atoms with Gasteiger partial charge in [0.25, 0.3) is 11.1 Å². The first-order chi connectivity index (χ1) is 21.3. The molecule has 45 heavy (non-hydrogen) atoms. The molecule has 2 amide bonds. The smallest absolute Gasteiger partial charge is 0.419 e. The quantitative estimate of drug-likeness (QED) is 0.200. The Kier molecular flexibility index (Phi) is 8.72. The third kappa shape index (κ3) is 6.56. The molecule has 0 bridgehead atoms. The Bertz CT molecular complexity index is 1780. The molecule has 3 aromatic carbocycles. The van der Waals surface area contributed by atoms with Gasteiger partial charge in [0.05, 0.1) is 22.1 Å². The van der Waals surface area contributed by atoms with Crippen LogP contribution in [0.3, 0.4) is 0 Å². The molecule has 2 aliphatic rings. The van der Waals surface area contributed by atoms with E-state index < -0.39 is 34.2 Å². The third-order valence-corrected chi connectivity index (χ3v) is 8.78. The van der Waals surface area contributed by atoms with Crippen LogP contribution in [0.15, 0.2) is 60.0 Å². The maximum absolute atomic E-state index is 14.1. The number of nitrogens with zero attached hydrogens (tertiary/aromatic N) is 1. The lowest BCUT2D eigenvalue weighted by Gasteiger charge is -2.38. The van der Waals surface area contributed by atoms with Crippen LogP contribution in [0.25, 0.3) is 6.08 Å². The van der Waals surface area contributed by atoms with Crippen molar-refractivity contribution in [2.24, 2.45) is 0 Å². The van der Waals surface area contributed by atoms with E-state index in [2.05, 4.69) is 18.0 Å². The first kappa shape index (κ1) is 31.7. The molecule has 5 rings (SSSR count). The standard InChI is InChI=1S/C34H29F3N2O5S/c1-5-33(18-43-27-11-10-24(14-26(27)34(35,36)37)15-28-31(40)39-32(41)45-28)13-12-25-21(4)29(19(2)20(3)30(25)44-33)42-17-23-8-6-22(16-38)7-9-23/h5-11,14-15H,1,12-13,17-18H2,2-4H3,(H,39,40,41)/b28-15+/t33-/m1/s1. The number of rotatable bonds is 8. The Hall–Kier alpha value is -4.69. The highest BCUT2D eigenvalue weighted by Crippen LogP contribution is 2.45. The van der Waals surface area contributed by atoms with E-state index in [1.54, 1.807) is 18.2 Å². The van der Waals surface area contributed by atoms with Gasteiger partial charge in [-0.1, -0.05) is 24.8 Å². The maximum Gasteiger partial charge on any atom is 0.419 e. The summed E-state index contributed by atoms with van der Waals surface area (Å²) in [6, 6.07) is 12.7. The van der Waals surface area contributed by atoms with E-state index in [4.69, 9.17) is 19.5 Å². The van der Waals surface area contributed by atoms with Crippen molar-refractivity contribution in [3.05, 3.63) is 105 Å². The Morgan fingerprint density at radius 1 is 1.09 bits per heavy atom. The molecule has 3 aromatic rings. The molecule has 1 N–H and O–H groups in total. The van der Waals surface area contributed by atoms with E-state index in [1.165, 1.54) is 18.2 Å². The molecule has 1 fully saturated rings. The van der Waals surface area contributed by atoms with Crippen LogP contribution in [0.4, 0.5) is 18.0 Å². The molecular weight excluding hydrogens is 605 g/mol. The van der Waals surface area contributed by atoms with Gasteiger partial charge in [-0.2, -0.15) is 18.4 Å². The summed E-state index contributed by atoms with van der Waals surface area (Å²) in [4.78, 5) is 23.3. The number of alkyl halides is 3. The number of ether oxygens (including phenoxy) is 3. The molecular formula is C34H29F3N2O5S. The van der Waals surface area contributed by atoms with Gasteiger partial charge in [-0.05, 0) is 110 Å².